The number of anilines is 2. The molecule has 0 aliphatic heterocycles. The maximum Gasteiger partial charge on any atom is 0.250 e. The molecule has 0 spiro atoms. The first-order valence-corrected chi connectivity index (χ1v) is 5.53. The molecule has 1 rings (SSSR count). The summed E-state index contributed by atoms with van der Waals surface area (Å²) in [7, 11) is 3.29. The lowest BCUT2D eigenvalue weighted by Gasteiger charge is -2.24. The van der Waals surface area contributed by atoms with Gasteiger partial charge in [-0.1, -0.05) is 6.07 Å². The molecule has 0 saturated heterocycles. The Bertz CT molecular complexity index is 423. The number of aliphatic hydroxyl groups excluding tert-OH is 1. The smallest absolute Gasteiger partial charge is 0.250 e. The van der Waals surface area contributed by atoms with Crippen LogP contribution in [0.25, 0.3) is 0 Å². The number of hydrogen-bond acceptors (Lipinski definition) is 5. The fourth-order valence-corrected chi connectivity index (χ4v) is 1.76. The fourth-order valence-electron chi connectivity index (χ4n) is 1.76. The monoisotopic (exact) mass is 253 g/mol. The molecule has 0 fully saturated rings. The van der Waals surface area contributed by atoms with Gasteiger partial charge in [0, 0.05) is 20.7 Å². The standard InChI is InChI=1S/C12H19N3O3/c1-15(6-8(16)7-18-2)10-5-3-4-9(11(10)13)12(14)17/h3-5,8,16H,6-7,13H2,1-2H3,(H2,14,17). The molecular weight excluding hydrogens is 234 g/mol. The van der Waals surface area contributed by atoms with Crippen molar-refractivity contribution >= 4 is 17.3 Å². The zero-order chi connectivity index (χ0) is 13.7. The summed E-state index contributed by atoms with van der Waals surface area (Å²) >= 11 is 0. The zero-order valence-electron chi connectivity index (χ0n) is 10.6. The second-order valence-corrected chi connectivity index (χ2v) is 4.09. The van der Waals surface area contributed by atoms with Crippen molar-refractivity contribution in [3.8, 4) is 0 Å². The number of aliphatic hydroxyl groups is 1. The number of ether oxygens (including phenoxy) is 1. The van der Waals surface area contributed by atoms with Crippen LogP contribution in [-0.4, -0.2) is 44.4 Å². The predicted octanol–water partition coefficient (Wildman–Crippen LogP) is -0.189. The van der Waals surface area contributed by atoms with E-state index in [1.165, 1.54) is 7.11 Å². The number of amides is 1. The summed E-state index contributed by atoms with van der Waals surface area (Å²) in [5.41, 5.74) is 12.4. The van der Waals surface area contributed by atoms with E-state index < -0.39 is 12.0 Å². The minimum atomic E-state index is -0.628. The second kappa shape index (κ2) is 6.23. The SMILES string of the molecule is COCC(O)CN(C)c1cccc(C(N)=O)c1N. The first-order valence-electron chi connectivity index (χ1n) is 5.53. The first kappa shape index (κ1) is 14.3. The van der Waals surface area contributed by atoms with E-state index in [1.54, 1.807) is 30.1 Å². The lowest BCUT2D eigenvalue weighted by atomic mass is 10.1. The van der Waals surface area contributed by atoms with Crippen molar-refractivity contribution in [3.63, 3.8) is 0 Å². The predicted molar refractivity (Wildman–Crippen MR) is 70.5 cm³/mol. The highest BCUT2D eigenvalue weighted by Gasteiger charge is 2.14. The number of benzene rings is 1. The van der Waals surface area contributed by atoms with Crippen molar-refractivity contribution in [2.24, 2.45) is 5.73 Å². The van der Waals surface area contributed by atoms with Crippen LogP contribution >= 0.6 is 0 Å². The Kier molecular flexibility index (Phi) is 4.94. The van der Waals surface area contributed by atoms with Crippen LogP contribution in [0.2, 0.25) is 0 Å². The Morgan fingerprint density at radius 1 is 1.56 bits per heavy atom. The zero-order valence-corrected chi connectivity index (χ0v) is 10.6. The molecule has 5 N–H and O–H groups in total. The third kappa shape index (κ3) is 3.35. The van der Waals surface area contributed by atoms with Crippen molar-refractivity contribution in [1.29, 1.82) is 0 Å². The van der Waals surface area contributed by atoms with E-state index in [-0.39, 0.29) is 12.2 Å². The largest absolute Gasteiger partial charge is 0.396 e. The van der Waals surface area contributed by atoms with E-state index in [0.29, 0.717) is 17.9 Å². The third-order valence-electron chi connectivity index (χ3n) is 2.60. The molecule has 1 atom stereocenters. The maximum atomic E-state index is 11.2. The first-order chi connectivity index (χ1) is 8.47. The molecule has 100 valence electrons. The van der Waals surface area contributed by atoms with Crippen LogP contribution in [0.15, 0.2) is 18.2 Å². The number of nitrogen functional groups attached to an aromatic ring is 1. The van der Waals surface area contributed by atoms with Crippen LogP contribution in [0.1, 0.15) is 10.4 Å². The van der Waals surface area contributed by atoms with Crippen LogP contribution in [0.3, 0.4) is 0 Å². The van der Waals surface area contributed by atoms with E-state index in [1.807, 2.05) is 0 Å². The highest BCUT2D eigenvalue weighted by molar-refractivity contribution is 6.00. The summed E-state index contributed by atoms with van der Waals surface area (Å²) in [5, 5.41) is 9.65. The normalized spacial score (nSPS) is 12.2. The van der Waals surface area contributed by atoms with Crippen LogP contribution in [0.5, 0.6) is 0 Å². The Morgan fingerprint density at radius 2 is 2.22 bits per heavy atom. The van der Waals surface area contributed by atoms with Gasteiger partial charge in [-0.15, -0.1) is 0 Å². The van der Waals surface area contributed by atoms with Gasteiger partial charge in [0.2, 0.25) is 0 Å². The number of hydrogen-bond donors (Lipinski definition) is 3. The number of methoxy groups -OCH3 is 1. The van der Waals surface area contributed by atoms with E-state index in [0.717, 1.165) is 0 Å². The van der Waals surface area contributed by atoms with Gasteiger partial charge >= 0.3 is 0 Å². The molecule has 0 aliphatic carbocycles. The van der Waals surface area contributed by atoms with Gasteiger partial charge in [-0.2, -0.15) is 0 Å². The highest BCUT2D eigenvalue weighted by atomic mass is 16.5. The minimum Gasteiger partial charge on any atom is -0.396 e. The maximum absolute atomic E-state index is 11.2. The Morgan fingerprint density at radius 3 is 2.78 bits per heavy atom. The molecule has 0 heterocycles. The molecule has 0 aliphatic rings. The molecule has 1 amide bonds. The lowest BCUT2D eigenvalue weighted by Crippen LogP contribution is -2.32. The van der Waals surface area contributed by atoms with Crippen LogP contribution in [0, 0.1) is 0 Å². The number of para-hydroxylation sites is 1. The van der Waals surface area contributed by atoms with E-state index >= 15 is 0 Å². The molecule has 0 saturated carbocycles. The Hall–Kier alpha value is -1.79. The third-order valence-corrected chi connectivity index (χ3v) is 2.60. The van der Waals surface area contributed by atoms with Crippen LogP contribution < -0.4 is 16.4 Å². The molecule has 6 nitrogen and oxygen atoms in total. The lowest BCUT2D eigenvalue weighted by molar-refractivity contribution is 0.0695. The highest BCUT2D eigenvalue weighted by Crippen LogP contribution is 2.25. The summed E-state index contributed by atoms with van der Waals surface area (Å²) < 4.78 is 4.85. The fraction of sp³-hybridized carbons (Fsp3) is 0.417. The number of nitrogens with zero attached hydrogens (tertiary/aromatic N) is 1. The van der Waals surface area contributed by atoms with Crippen molar-refractivity contribution in [2.75, 3.05) is 37.9 Å². The molecular formula is C12H19N3O3. The van der Waals surface area contributed by atoms with Crippen LogP contribution in [0.4, 0.5) is 11.4 Å². The van der Waals surface area contributed by atoms with E-state index in [9.17, 15) is 9.90 Å². The van der Waals surface area contributed by atoms with Crippen molar-refractivity contribution in [2.45, 2.75) is 6.10 Å². The van der Waals surface area contributed by atoms with Gasteiger partial charge in [-0.25, -0.2) is 0 Å². The van der Waals surface area contributed by atoms with Crippen molar-refractivity contribution in [1.82, 2.24) is 0 Å². The summed E-state index contributed by atoms with van der Waals surface area (Å²) in [5.74, 6) is -0.569. The molecule has 0 radical (unpaired) electrons. The van der Waals surface area contributed by atoms with E-state index in [2.05, 4.69) is 0 Å². The van der Waals surface area contributed by atoms with Gasteiger partial charge in [-0.3, -0.25) is 4.79 Å². The number of nitrogens with two attached hydrogens (primary N) is 2. The number of rotatable bonds is 6. The van der Waals surface area contributed by atoms with Gasteiger partial charge in [0.25, 0.3) is 5.91 Å². The average Bonchev–Trinajstić information content (AvgIpc) is 2.28. The minimum absolute atomic E-state index is 0.236. The summed E-state index contributed by atoms with van der Waals surface area (Å²) in [6.07, 6.45) is -0.628. The molecule has 6 heteroatoms. The second-order valence-electron chi connectivity index (χ2n) is 4.09. The molecule has 1 aromatic rings. The number of carbonyl (C=O) groups excluding carboxylic acids is 1. The molecule has 0 bridgehead atoms. The topological polar surface area (TPSA) is 102 Å². The van der Waals surface area contributed by atoms with Gasteiger partial charge < -0.3 is 26.2 Å². The molecule has 1 aromatic carbocycles. The van der Waals surface area contributed by atoms with E-state index in [4.69, 9.17) is 16.2 Å². The summed E-state index contributed by atoms with van der Waals surface area (Å²) in [6, 6.07) is 5.03. The van der Waals surface area contributed by atoms with Crippen LogP contribution in [-0.2, 0) is 4.74 Å². The van der Waals surface area contributed by atoms with Gasteiger partial charge in [0.1, 0.15) is 0 Å². The van der Waals surface area contributed by atoms with Gasteiger partial charge in [-0.05, 0) is 12.1 Å². The van der Waals surface area contributed by atoms with Gasteiger partial charge in [0.05, 0.1) is 29.6 Å². The average molecular weight is 253 g/mol. The summed E-state index contributed by atoms with van der Waals surface area (Å²) in [6.45, 7) is 0.583. The molecule has 0 aromatic heterocycles. The molecule has 1 unspecified atom stereocenters. The Balaban J connectivity index is 2.89. The number of primary amides is 1. The molecule has 18 heavy (non-hydrogen) atoms. The quantitative estimate of drug-likeness (QED) is 0.610. The number of likely N-dealkylation sites (N-methyl/N-ethyl adjacent to an activating group) is 1. The number of carbonyl (C=O) groups is 1. The van der Waals surface area contributed by atoms with Gasteiger partial charge in [0.15, 0.2) is 0 Å². The van der Waals surface area contributed by atoms with Crippen molar-refractivity contribution < 1.29 is 14.6 Å². The van der Waals surface area contributed by atoms with Crippen molar-refractivity contribution in [3.05, 3.63) is 23.8 Å². The Labute approximate surface area is 106 Å². The summed E-state index contributed by atoms with van der Waals surface area (Å²) in [4.78, 5) is 12.9.